The number of carbonyl (C=O) groups is 1. The van der Waals surface area contributed by atoms with Crippen LogP contribution >= 0.6 is 0 Å². The molecule has 5 aromatic rings. The van der Waals surface area contributed by atoms with Crippen molar-refractivity contribution in [3.63, 3.8) is 0 Å². The summed E-state index contributed by atoms with van der Waals surface area (Å²) in [6.07, 6.45) is -1.08. The maximum Gasteiger partial charge on any atom is 0.411 e. The quantitative estimate of drug-likeness (QED) is 0.310. The summed E-state index contributed by atoms with van der Waals surface area (Å²) in [5.74, 6) is -0.0341. The molecular formula is C24H18FN5O4. The molecule has 0 spiro atoms. The Hall–Kier alpha value is -4.73. The van der Waals surface area contributed by atoms with Gasteiger partial charge in [0, 0.05) is 23.4 Å². The Bertz CT molecular complexity index is 1630. The zero-order chi connectivity index (χ0) is 23.8. The van der Waals surface area contributed by atoms with E-state index in [9.17, 15) is 9.59 Å². The molecule has 5 rings (SSSR count). The van der Waals surface area contributed by atoms with Crippen LogP contribution in [0.25, 0.3) is 32.9 Å². The zero-order valence-corrected chi connectivity index (χ0v) is 17.8. The van der Waals surface area contributed by atoms with Crippen LogP contribution in [0.15, 0.2) is 59.4 Å². The topological polar surface area (TPSA) is 133 Å². The fourth-order valence-electron chi connectivity index (χ4n) is 3.95. The number of amides is 1. The molecule has 0 saturated heterocycles. The highest BCUT2D eigenvalue weighted by Crippen LogP contribution is 2.35. The van der Waals surface area contributed by atoms with E-state index in [-0.39, 0.29) is 17.9 Å². The second kappa shape index (κ2) is 8.32. The fourth-order valence-corrected chi connectivity index (χ4v) is 3.95. The molecule has 2 aromatic heterocycles. The highest BCUT2D eigenvalue weighted by molar-refractivity contribution is 5.88. The van der Waals surface area contributed by atoms with Crippen molar-refractivity contribution in [2.45, 2.75) is 6.42 Å². The molecule has 170 valence electrons. The number of ether oxygens (including phenoxy) is 1. The lowest BCUT2D eigenvalue weighted by Crippen LogP contribution is -2.11. The van der Waals surface area contributed by atoms with Crippen LogP contribution in [-0.2, 0) is 6.42 Å². The van der Waals surface area contributed by atoms with Crippen LogP contribution in [0.4, 0.5) is 15.1 Å². The number of aromatic amines is 2. The Morgan fingerprint density at radius 3 is 2.71 bits per heavy atom. The number of imidazole rings is 1. The van der Waals surface area contributed by atoms with Crippen molar-refractivity contribution in [2.75, 3.05) is 12.4 Å². The van der Waals surface area contributed by atoms with E-state index < -0.39 is 11.9 Å². The normalized spacial score (nSPS) is 11.1. The number of benzene rings is 3. The van der Waals surface area contributed by atoms with Gasteiger partial charge in [-0.1, -0.05) is 24.3 Å². The highest BCUT2D eigenvalue weighted by Gasteiger charge is 2.16. The van der Waals surface area contributed by atoms with Crippen molar-refractivity contribution in [1.82, 2.24) is 20.2 Å². The van der Waals surface area contributed by atoms with Gasteiger partial charge in [0.1, 0.15) is 11.6 Å². The summed E-state index contributed by atoms with van der Waals surface area (Å²) in [5.41, 5.74) is 3.11. The van der Waals surface area contributed by atoms with Crippen LogP contribution in [0.3, 0.4) is 0 Å². The van der Waals surface area contributed by atoms with Gasteiger partial charge in [-0.2, -0.15) is 5.10 Å². The molecule has 0 atom stereocenters. The minimum absolute atomic E-state index is 0.0995. The lowest BCUT2D eigenvalue weighted by Gasteiger charge is -2.13. The summed E-state index contributed by atoms with van der Waals surface area (Å²) in [6, 6.07) is 15.3. The average Bonchev–Trinajstić information content (AvgIpc) is 3.22. The van der Waals surface area contributed by atoms with Crippen molar-refractivity contribution < 1.29 is 19.0 Å². The molecule has 1 amide bonds. The molecule has 34 heavy (non-hydrogen) atoms. The molecule has 9 nitrogen and oxygen atoms in total. The summed E-state index contributed by atoms with van der Waals surface area (Å²) >= 11 is 0. The molecule has 0 aliphatic carbocycles. The number of carboxylic acid groups (broad SMARTS) is 1. The molecule has 0 fully saturated rings. The van der Waals surface area contributed by atoms with Gasteiger partial charge in [-0.05, 0) is 35.4 Å². The van der Waals surface area contributed by atoms with Gasteiger partial charge in [-0.25, -0.2) is 19.3 Å². The SMILES string of the molecule is COc1cc(F)c(Cc2n[nH]c(=O)c3ccccc23)cc1-c1ccc2[nH]c(NC(=O)O)nc2c1. The van der Waals surface area contributed by atoms with E-state index in [0.29, 0.717) is 49.9 Å². The standard InChI is InChI=1S/C24H18FN5O4/c1-34-21-11-17(25)13(10-19-14-4-2-3-5-15(14)22(31)30-29-19)8-16(21)12-6-7-18-20(9-12)27-23(26-18)28-24(32)33/h2-9,11H,10H2,1H3,(H,30,31)(H,32,33)(H2,26,27,28). The maximum absolute atomic E-state index is 15.0. The first-order valence-corrected chi connectivity index (χ1v) is 10.3. The second-order valence-electron chi connectivity index (χ2n) is 7.61. The Morgan fingerprint density at radius 2 is 1.94 bits per heavy atom. The molecule has 0 unspecified atom stereocenters. The van der Waals surface area contributed by atoms with E-state index in [2.05, 4.69) is 25.5 Å². The number of aromatic nitrogens is 4. The first-order valence-electron chi connectivity index (χ1n) is 10.3. The first-order chi connectivity index (χ1) is 16.4. The number of hydrogen-bond donors (Lipinski definition) is 4. The van der Waals surface area contributed by atoms with E-state index >= 15 is 4.39 Å². The number of H-pyrrole nitrogens is 2. The van der Waals surface area contributed by atoms with Crippen molar-refractivity contribution in [3.8, 4) is 16.9 Å². The molecule has 10 heteroatoms. The van der Waals surface area contributed by atoms with Crippen molar-refractivity contribution >= 4 is 33.8 Å². The largest absolute Gasteiger partial charge is 0.496 e. The number of rotatable bonds is 5. The van der Waals surface area contributed by atoms with Crippen molar-refractivity contribution in [3.05, 3.63) is 82.0 Å². The van der Waals surface area contributed by atoms with Gasteiger partial charge in [-0.15, -0.1) is 0 Å². The lowest BCUT2D eigenvalue weighted by molar-refractivity contribution is 0.209. The van der Waals surface area contributed by atoms with E-state index in [1.807, 2.05) is 0 Å². The van der Waals surface area contributed by atoms with Gasteiger partial charge in [0.2, 0.25) is 5.95 Å². The third kappa shape index (κ3) is 3.81. The maximum atomic E-state index is 15.0. The van der Waals surface area contributed by atoms with Crippen LogP contribution in [0.2, 0.25) is 0 Å². The van der Waals surface area contributed by atoms with Crippen molar-refractivity contribution in [2.24, 2.45) is 0 Å². The summed E-state index contributed by atoms with van der Waals surface area (Å²) < 4.78 is 20.4. The van der Waals surface area contributed by atoms with Gasteiger partial charge < -0.3 is 14.8 Å². The summed E-state index contributed by atoms with van der Waals surface area (Å²) in [6.45, 7) is 0. The molecule has 0 saturated carbocycles. The third-order valence-corrected chi connectivity index (χ3v) is 5.52. The predicted octanol–water partition coefficient (Wildman–Crippen LogP) is 4.29. The second-order valence-corrected chi connectivity index (χ2v) is 7.61. The summed E-state index contributed by atoms with van der Waals surface area (Å²) in [5, 5.41) is 18.8. The van der Waals surface area contributed by atoms with Crippen LogP contribution < -0.4 is 15.6 Å². The minimum atomic E-state index is -1.23. The molecule has 2 heterocycles. The highest BCUT2D eigenvalue weighted by atomic mass is 19.1. The van der Waals surface area contributed by atoms with Crippen LogP contribution in [0.1, 0.15) is 11.3 Å². The molecule has 0 aliphatic rings. The third-order valence-electron chi connectivity index (χ3n) is 5.52. The molecule has 3 aromatic carbocycles. The summed E-state index contributed by atoms with van der Waals surface area (Å²) in [7, 11) is 1.46. The zero-order valence-electron chi connectivity index (χ0n) is 17.8. The molecule has 0 bridgehead atoms. The Kier molecular flexibility index (Phi) is 5.17. The monoisotopic (exact) mass is 459 g/mol. The Morgan fingerprint density at radius 1 is 1.15 bits per heavy atom. The Balaban J connectivity index is 1.59. The van der Waals surface area contributed by atoms with E-state index in [0.717, 1.165) is 0 Å². The smallest absolute Gasteiger partial charge is 0.411 e. The van der Waals surface area contributed by atoms with Gasteiger partial charge in [0.05, 0.1) is 29.2 Å². The van der Waals surface area contributed by atoms with Crippen molar-refractivity contribution in [1.29, 1.82) is 0 Å². The summed E-state index contributed by atoms with van der Waals surface area (Å²) in [4.78, 5) is 30.1. The molecule has 0 radical (unpaired) electrons. The number of methoxy groups -OCH3 is 1. The van der Waals surface area contributed by atoms with E-state index in [4.69, 9.17) is 9.84 Å². The number of fused-ring (bicyclic) bond motifs is 2. The van der Waals surface area contributed by atoms with Gasteiger partial charge in [-0.3, -0.25) is 10.1 Å². The number of nitrogens with zero attached hydrogens (tertiary/aromatic N) is 2. The van der Waals surface area contributed by atoms with Crippen LogP contribution in [0.5, 0.6) is 5.75 Å². The Labute approximate surface area is 191 Å². The van der Waals surface area contributed by atoms with E-state index in [1.165, 1.54) is 13.2 Å². The van der Waals surface area contributed by atoms with Gasteiger partial charge in [0.25, 0.3) is 5.56 Å². The van der Waals surface area contributed by atoms with Gasteiger partial charge in [0.15, 0.2) is 0 Å². The van der Waals surface area contributed by atoms with E-state index in [1.54, 1.807) is 48.5 Å². The number of halogens is 1. The molecular weight excluding hydrogens is 441 g/mol. The van der Waals surface area contributed by atoms with Crippen LogP contribution in [-0.4, -0.2) is 38.5 Å². The predicted molar refractivity (Wildman–Crippen MR) is 125 cm³/mol. The fraction of sp³-hybridized carbons (Fsp3) is 0.0833. The number of nitrogens with one attached hydrogen (secondary N) is 3. The number of anilines is 1. The van der Waals surface area contributed by atoms with Crippen LogP contribution in [0, 0.1) is 5.82 Å². The lowest BCUT2D eigenvalue weighted by atomic mass is 9.97. The minimum Gasteiger partial charge on any atom is -0.496 e. The number of hydrogen-bond acceptors (Lipinski definition) is 5. The van der Waals surface area contributed by atoms with Gasteiger partial charge >= 0.3 is 6.09 Å². The first kappa shape index (κ1) is 21.1. The molecule has 4 N–H and O–H groups in total. The average molecular weight is 459 g/mol. The molecule has 0 aliphatic heterocycles.